The zero-order valence-electron chi connectivity index (χ0n) is 8.76. The maximum absolute atomic E-state index is 11.9. The standard InChI is InChI=1S/C11H13NO4/c13-10(9-5-3-7-16-9)12-6-2-1-4-8(12)11(14)15/h3,5,7-8H,1-2,4,6H2,(H,14,15)/t8-/m1/s1. The van der Waals surface area contributed by atoms with Gasteiger partial charge in [0.25, 0.3) is 5.91 Å². The van der Waals surface area contributed by atoms with E-state index in [1.165, 1.54) is 11.2 Å². The molecule has 0 radical (unpaired) electrons. The van der Waals surface area contributed by atoms with Gasteiger partial charge in [-0.25, -0.2) is 4.79 Å². The molecule has 1 aromatic rings. The topological polar surface area (TPSA) is 70.8 Å². The highest BCUT2D eigenvalue weighted by atomic mass is 16.4. The van der Waals surface area contributed by atoms with Crippen LogP contribution in [-0.4, -0.2) is 34.5 Å². The SMILES string of the molecule is O=C(O)[C@H]1CCCCN1C(=O)c1ccco1. The Kier molecular flexibility index (Phi) is 2.94. The normalized spacial score (nSPS) is 20.8. The fraction of sp³-hybridized carbons (Fsp3) is 0.455. The Hall–Kier alpha value is -1.78. The van der Waals surface area contributed by atoms with Gasteiger partial charge in [0.2, 0.25) is 0 Å². The van der Waals surface area contributed by atoms with Gasteiger partial charge in [0.05, 0.1) is 6.26 Å². The fourth-order valence-corrected chi connectivity index (χ4v) is 1.97. The van der Waals surface area contributed by atoms with Crippen molar-refractivity contribution in [2.24, 2.45) is 0 Å². The number of carbonyl (C=O) groups excluding carboxylic acids is 1. The number of carboxylic acids is 1. The molecule has 1 atom stereocenters. The van der Waals surface area contributed by atoms with Crippen LogP contribution in [-0.2, 0) is 4.79 Å². The van der Waals surface area contributed by atoms with Crippen molar-refractivity contribution >= 4 is 11.9 Å². The van der Waals surface area contributed by atoms with Crippen LogP contribution in [0.15, 0.2) is 22.8 Å². The third-order valence-electron chi connectivity index (χ3n) is 2.78. The van der Waals surface area contributed by atoms with Crippen LogP contribution in [0, 0.1) is 0 Å². The summed E-state index contributed by atoms with van der Waals surface area (Å²) >= 11 is 0. The molecule has 1 saturated heterocycles. The third-order valence-corrected chi connectivity index (χ3v) is 2.78. The van der Waals surface area contributed by atoms with Gasteiger partial charge in [-0.3, -0.25) is 4.79 Å². The predicted molar refractivity (Wildman–Crippen MR) is 55.0 cm³/mol. The molecule has 0 aromatic carbocycles. The summed E-state index contributed by atoms with van der Waals surface area (Å²) in [6.45, 7) is 0.483. The van der Waals surface area contributed by atoms with E-state index < -0.39 is 12.0 Å². The van der Waals surface area contributed by atoms with Crippen molar-refractivity contribution in [3.05, 3.63) is 24.2 Å². The van der Waals surface area contributed by atoms with Gasteiger partial charge in [0.15, 0.2) is 5.76 Å². The number of aliphatic carboxylic acids is 1. The van der Waals surface area contributed by atoms with Gasteiger partial charge in [-0.1, -0.05) is 0 Å². The Balaban J connectivity index is 2.17. The molecule has 2 heterocycles. The van der Waals surface area contributed by atoms with Crippen molar-refractivity contribution in [2.75, 3.05) is 6.54 Å². The second kappa shape index (κ2) is 4.38. The molecule has 1 amide bonds. The first-order chi connectivity index (χ1) is 7.70. The van der Waals surface area contributed by atoms with E-state index in [1.54, 1.807) is 12.1 Å². The molecule has 5 heteroatoms. The van der Waals surface area contributed by atoms with Gasteiger partial charge in [-0.2, -0.15) is 0 Å². The Morgan fingerprint density at radius 2 is 2.25 bits per heavy atom. The van der Waals surface area contributed by atoms with Gasteiger partial charge < -0.3 is 14.4 Å². The average Bonchev–Trinajstić information content (AvgIpc) is 2.81. The smallest absolute Gasteiger partial charge is 0.326 e. The summed E-state index contributed by atoms with van der Waals surface area (Å²) in [5.74, 6) is -1.08. The quantitative estimate of drug-likeness (QED) is 0.821. The highest BCUT2D eigenvalue weighted by Crippen LogP contribution is 2.20. The lowest BCUT2D eigenvalue weighted by Crippen LogP contribution is -2.47. The van der Waals surface area contributed by atoms with Crippen LogP contribution in [0.3, 0.4) is 0 Å². The molecule has 16 heavy (non-hydrogen) atoms. The Morgan fingerprint density at radius 1 is 1.44 bits per heavy atom. The van der Waals surface area contributed by atoms with E-state index in [0.717, 1.165) is 12.8 Å². The number of likely N-dealkylation sites (tertiary alicyclic amines) is 1. The number of piperidine rings is 1. The van der Waals surface area contributed by atoms with Gasteiger partial charge >= 0.3 is 5.97 Å². The predicted octanol–water partition coefficient (Wildman–Crippen LogP) is 1.36. The molecular weight excluding hydrogens is 210 g/mol. The lowest BCUT2D eigenvalue weighted by molar-refractivity contribution is -0.143. The highest BCUT2D eigenvalue weighted by molar-refractivity contribution is 5.94. The van der Waals surface area contributed by atoms with Crippen molar-refractivity contribution in [3.8, 4) is 0 Å². The number of furan rings is 1. The number of nitrogens with zero attached hydrogens (tertiary/aromatic N) is 1. The number of carboxylic acid groups (broad SMARTS) is 1. The Labute approximate surface area is 92.7 Å². The molecule has 0 spiro atoms. The molecule has 0 aliphatic carbocycles. The minimum atomic E-state index is -0.945. The summed E-state index contributed by atoms with van der Waals surface area (Å²) in [6, 6.07) is 2.45. The number of hydrogen-bond donors (Lipinski definition) is 1. The summed E-state index contributed by atoms with van der Waals surface area (Å²) in [4.78, 5) is 24.3. The molecule has 1 aromatic heterocycles. The molecule has 0 bridgehead atoms. The molecule has 2 rings (SSSR count). The molecule has 1 aliphatic heterocycles. The molecule has 86 valence electrons. The molecule has 0 saturated carbocycles. The molecule has 1 N–H and O–H groups in total. The minimum Gasteiger partial charge on any atom is -0.480 e. The highest BCUT2D eigenvalue weighted by Gasteiger charge is 2.33. The first-order valence-electron chi connectivity index (χ1n) is 5.27. The van der Waals surface area contributed by atoms with Crippen LogP contribution in [0.25, 0.3) is 0 Å². The van der Waals surface area contributed by atoms with Crippen molar-refractivity contribution in [2.45, 2.75) is 25.3 Å². The Morgan fingerprint density at radius 3 is 2.88 bits per heavy atom. The van der Waals surface area contributed by atoms with E-state index in [4.69, 9.17) is 9.52 Å². The van der Waals surface area contributed by atoms with Gasteiger partial charge in [0.1, 0.15) is 6.04 Å². The van der Waals surface area contributed by atoms with Gasteiger partial charge in [-0.15, -0.1) is 0 Å². The first-order valence-corrected chi connectivity index (χ1v) is 5.27. The third kappa shape index (κ3) is 1.93. The molecule has 1 fully saturated rings. The maximum atomic E-state index is 11.9. The van der Waals surface area contributed by atoms with Crippen LogP contribution < -0.4 is 0 Å². The summed E-state index contributed by atoms with van der Waals surface area (Å²) in [6.07, 6.45) is 3.61. The van der Waals surface area contributed by atoms with Crippen molar-refractivity contribution in [1.82, 2.24) is 4.90 Å². The Bertz CT molecular complexity index is 385. The first kappa shape index (κ1) is 10.7. The second-order valence-electron chi connectivity index (χ2n) is 3.83. The number of hydrogen-bond acceptors (Lipinski definition) is 3. The zero-order chi connectivity index (χ0) is 11.5. The minimum absolute atomic E-state index is 0.202. The van der Waals surface area contributed by atoms with Crippen LogP contribution in [0.5, 0.6) is 0 Å². The molecule has 5 nitrogen and oxygen atoms in total. The lowest BCUT2D eigenvalue weighted by Gasteiger charge is -2.32. The lowest BCUT2D eigenvalue weighted by atomic mass is 10.0. The summed E-state index contributed by atoms with van der Waals surface area (Å²) in [5, 5.41) is 9.03. The number of amides is 1. The van der Waals surface area contributed by atoms with Crippen molar-refractivity contribution in [3.63, 3.8) is 0 Å². The van der Waals surface area contributed by atoms with Crippen LogP contribution in [0.4, 0.5) is 0 Å². The largest absolute Gasteiger partial charge is 0.480 e. The summed E-state index contributed by atoms with van der Waals surface area (Å²) in [7, 11) is 0. The summed E-state index contributed by atoms with van der Waals surface area (Å²) < 4.78 is 4.99. The van der Waals surface area contributed by atoms with E-state index in [2.05, 4.69) is 0 Å². The maximum Gasteiger partial charge on any atom is 0.326 e. The second-order valence-corrected chi connectivity index (χ2v) is 3.83. The van der Waals surface area contributed by atoms with Crippen LogP contribution >= 0.6 is 0 Å². The summed E-state index contributed by atoms with van der Waals surface area (Å²) in [5.41, 5.74) is 0. The van der Waals surface area contributed by atoms with Crippen molar-refractivity contribution in [1.29, 1.82) is 0 Å². The van der Waals surface area contributed by atoms with Crippen LogP contribution in [0.1, 0.15) is 29.8 Å². The van der Waals surface area contributed by atoms with Crippen molar-refractivity contribution < 1.29 is 19.1 Å². The number of rotatable bonds is 2. The number of carbonyl (C=O) groups is 2. The molecular formula is C11H13NO4. The molecule has 0 unspecified atom stereocenters. The van der Waals surface area contributed by atoms with Gasteiger partial charge in [0, 0.05) is 6.54 Å². The van der Waals surface area contributed by atoms with E-state index >= 15 is 0 Å². The average molecular weight is 223 g/mol. The van der Waals surface area contributed by atoms with E-state index in [9.17, 15) is 9.59 Å². The van der Waals surface area contributed by atoms with Gasteiger partial charge in [-0.05, 0) is 31.4 Å². The van der Waals surface area contributed by atoms with E-state index in [-0.39, 0.29) is 11.7 Å². The van der Waals surface area contributed by atoms with Crippen LogP contribution in [0.2, 0.25) is 0 Å². The fourth-order valence-electron chi connectivity index (χ4n) is 1.97. The monoisotopic (exact) mass is 223 g/mol. The van der Waals surface area contributed by atoms with E-state index in [1.807, 2.05) is 0 Å². The van der Waals surface area contributed by atoms with E-state index in [0.29, 0.717) is 13.0 Å². The zero-order valence-corrected chi connectivity index (χ0v) is 8.76. The molecule has 1 aliphatic rings.